The second kappa shape index (κ2) is 7.35. The van der Waals surface area contributed by atoms with Crippen LogP contribution in [0.3, 0.4) is 0 Å². The van der Waals surface area contributed by atoms with Crippen LogP contribution in [0.1, 0.15) is 17.4 Å². The van der Waals surface area contributed by atoms with Gasteiger partial charge in [-0.1, -0.05) is 30.3 Å². The summed E-state index contributed by atoms with van der Waals surface area (Å²) in [7, 11) is 0. The van der Waals surface area contributed by atoms with Gasteiger partial charge in [0.1, 0.15) is 5.69 Å². The van der Waals surface area contributed by atoms with E-state index >= 15 is 0 Å². The smallest absolute Gasteiger partial charge is 0.357 e. The van der Waals surface area contributed by atoms with Gasteiger partial charge in [-0.2, -0.15) is 5.10 Å². The average Bonchev–Trinajstić information content (AvgIpc) is 3.13. The Morgan fingerprint density at radius 3 is 2.56 bits per heavy atom. The van der Waals surface area contributed by atoms with Crippen LogP contribution in [0.15, 0.2) is 54.9 Å². The summed E-state index contributed by atoms with van der Waals surface area (Å²) < 4.78 is 5.14. The number of H-pyrrole nitrogens is 1. The van der Waals surface area contributed by atoms with Gasteiger partial charge in [-0.15, -0.1) is 0 Å². The zero-order chi connectivity index (χ0) is 17.6. The van der Waals surface area contributed by atoms with E-state index in [1.54, 1.807) is 12.1 Å². The fourth-order valence-corrected chi connectivity index (χ4v) is 2.04. The van der Waals surface area contributed by atoms with Crippen LogP contribution < -0.4 is 5.32 Å². The van der Waals surface area contributed by atoms with Crippen LogP contribution in [-0.4, -0.2) is 38.1 Å². The van der Waals surface area contributed by atoms with Crippen LogP contribution in [-0.2, 0) is 9.53 Å². The highest BCUT2D eigenvalue weighted by Crippen LogP contribution is 2.17. The topological polar surface area (TPSA) is 110 Å². The van der Waals surface area contributed by atoms with Crippen molar-refractivity contribution in [3.63, 3.8) is 0 Å². The summed E-state index contributed by atoms with van der Waals surface area (Å²) in [4.78, 5) is 31.9. The molecule has 2 N–H and O–H groups in total. The summed E-state index contributed by atoms with van der Waals surface area (Å²) >= 11 is 0. The number of aromatic amines is 1. The van der Waals surface area contributed by atoms with Crippen molar-refractivity contribution >= 4 is 17.8 Å². The molecule has 0 aliphatic carbocycles. The molecule has 0 saturated carbocycles. The number of ether oxygens (including phenoxy) is 1. The fraction of sp³-hybridized carbons (Fsp3) is 0.118. The predicted octanol–water partition coefficient (Wildman–Crippen LogP) is 2.05. The third-order valence-corrected chi connectivity index (χ3v) is 3.32. The molecule has 0 fully saturated rings. The van der Waals surface area contributed by atoms with Crippen molar-refractivity contribution in [1.29, 1.82) is 0 Å². The number of amides is 1. The third kappa shape index (κ3) is 4.05. The van der Waals surface area contributed by atoms with E-state index in [1.165, 1.54) is 19.3 Å². The van der Waals surface area contributed by atoms with Crippen LogP contribution in [0.25, 0.3) is 11.3 Å². The third-order valence-electron chi connectivity index (χ3n) is 3.32. The number of hydrogen-bond acceptors (Lipinski definition) is 6. The molecule has 0 aliphatic heterocycles. The Bertz CT molecular complexity index is 864. The summed E-state index contributed by atoms with van der Waals surface area (Å²) in [6.45, 7) is 1.46. The van der Waals surface area contributed by atoms with E-state index in [1.807, 2.05) is 30.3 Å². The Balaban J connectivity index is 1.62. The second-order valence-electron chi connectivity index (χ2n) is 5.14. The first-order chi connectivity index (χ1) is 12.1. The van der Waals surface area contributed by atoms with Gasteiger partial charge in [0.05, 0.1) is 5.69 Å². The van der Waals surface area contributed by atoms with Crippen molar-refractivity contribution in [1.82, 2.24) is 20.2 Å². The van der Waals surface area contributed by atoms with E-state index in [0.717, 1.165) is 5.56 Å². The maximum absolute atomic E-state index is 12.2. The average molecular weight is 337 g/mol. The highest BCUT2D eigenvalue weighted by molar-refractivity contribution is 5.96. The van der Waals surface area contributed by atoms with E-state index in [-0.39, 0.29) is 11.6 Å². The number of hydrogen-bond donors (Lipinski definition) is 2. The summed E-state index contributed by atoms with van der Waals surface area (Å²) in [5.41, 5.74) is 1.64. The van der Waals surface area contributed by atoms with E-state index in [0.29, 0.717) is 5.69 Å². The molecule has 8 heteroatoms. The Morgan fingerprint density at radius 1 is 1.12 bits per heavy atom. The van der Waals surface area contributed by atoms with Gasteiger partial charge in [-0.3, -0.25) is 15.2 Å². The summed E-state index contributed by atoms with van der Waals surface area (Å²) in [5.74, 6) is -1.06. The monoisotopic (exact) mass is 337 g/mol. The minimum Gasteiger partial charge on any atom is -0.448 e. The van der Waals surface area contributed by atoms with Crippen LogP contribution in [0, 0.1) is 0 Å². The molecule has 0 bridgehead atoms. The van der Waals surface area contributed by atoms with Gasteiger partial charge >= 0.3 is 5.97 Å². The lowest BCUT2D eigenvalue weighted by Gasteiger charge is -2.11. The molecule has 1 aromatic carbocycles. The number of anilines is 1. The molecule has 1 unspecified atom stereocenters. The van der Waals surface area contributed by atoms with E-state index in [2.05, 4.69) is 25.5 Å². The lowest BCUT2D eigenvalue weighted by Crippen LogP contribution is -2.30. The van der Waals surface area contributed by atoms with E-state index in [9.17, 15) is 9.59 Å². The van der Waals surface area contributed by atoms with E-state index < -0.39 is 18.0 Å². The summed E-state index contributed by atoms with van der Waals surface area (Å²) in [6, 6.07) is 12.6. The van der Waals surface area contributed by atoms with Gasteiger partial charge in [-0.05, 0) is 19.1 Å². The molecule has 2 heterocycles. The van der Waals surface area contributed by atoms with Crippen molar-refractivity contribution in [3.8, 4) is 11.3 Å². The molecule has 0 radical (unpaired) electrons. The number of carbonyl (C=O) groups is 2. The molecule has 0 saturated heterocycles. The number of nitrogens with one attached hydrogen (secondary N) is 2. The second-order valence-corrected chi connectivity index (χ2v) is 5.14. The maximum Gasteiger partial charge on any atom is 0.357 e. The molecule has 25 heavy (non-hydrogen) atoms. The van der Waals surface area contributed by atoms with Crippen molar-refractivity contribution < 1.29 is 14.3 Å². The lowest BCUT2D eigenvalue weighted by molar-refractivity contribution is -0.123. The molecule has 0 spiro atoms. The number of carbonyl (C=O) groups excluding carboxylic acids is 2. The van der Waals surface area contributed by atoms with Crippen molar-refractivity contribution in [2.75, 3.05) is 5.32 Å². The van der Waals surface area contributed by atoms with Crippen LogP contribution >= 0.6 is 0 Å². The highest BCUT2D eigenvalue weighted by Gasteiger charge is 2.21. The number of nitrogens with zero attached hydrogens (tertiary/aromatic N) is 3. The standard InChI is InChI=1S/C17H15N5O3/c1-11(15(23)20-17-18-8-5-9-19-17)25-16(24)14-10-13(21-22-14)12-6-3-2-4-7-12/h2-11H,1H3,(H,21,22)(H,18,19,20,23). The Morgan fingerprint density at radius 2 is 1.84 bits per heavy atom. The zero-order valence-electron chi connectivity index (χ0n) is 13.3. The van der Waals surface area contributed by atoms with Gasteiger partial charge in [-0.25, -0.2) is 14.8 Å². The van der Waals surface area contributed by atoms with Gasteiger partial charge in [0, 0.05) is 18.0 Å². The summed E-state index contributed by atoms with van der Waals surface area (Å²) in [5, 5.41) is 9.16. The molecule has 8 nitrogen and oxygen atoms in total. The summed E-state index contributed by atoms with van der Waals surface area (Å²) in [6.07, 6.45) is 1.98. The maximum atomic E-state index is 12.2. The molecule has 126 valence electrons. The Hall–Kier alpha value is -3.55. The minimum atomic E-state index is -1.01. The van der Waals surface area contributed by atoms with Gasteiger partial charge in [0.15, 0.2) is 6.10 Å². The zero-order valence-corrected chi connectivity index (χ0v) is 13.3. The highest BCUT2D eigenvalue weighted by atomic mass is 16.5. The van der Waals surface area contributed by atoms with Gasteiger partial charge in [0.25, 0.3) is 5.91 Å². The first kappa shape index (κ1) is 16.3. The Kier molecular flexibility index (Phi) is 4.79. The number of esters is 1. The van der Waals surface area contributed by atoms with Crippen molar-refractivity contribution in [2.45, 2.75) is 13.0 Å². The number of aromatic nitrogens is 4. The quantitative estimate of drug-likeness (QED) is 0.690. The van der Waals surface area contributed by atoms with Crippen LogP contribution in [0.5, 0.6) is 0 Å². The van der Waals surface area contributed by atoms with Crippen LogP contribution in [0.4, 0.5) is 5.95 Å². The van der Waals surface area contributed by atoms with Gasteiger partial charge in [0.2, 0.25) is 5.95 Å². The molecule has 3 rings (SSSR count). The minimum absolute atomic E-state index is 0.142. The first-order valence-electron chi connectivity index (χ1n) is 7.53. The molecule has 3 aromatic rings. The normalized spacial score (nSPS) is 11.6. The largest absolute Gasteiger partial charge is 0.448 e. The molecule has 1 amide bonds. The van der Waals surface area contributed by atoms with Crippen molar-refractivity contribution in [2.24, 2.45) is 0 Å². The predicted molar refractivity (Wildman–Crippen MR) is 89.6 cm³/mol. The molecule has 2 aromatic heterocycles. The SMILES string of the molecule is CC(OC(=O)c1cc(-c2ccccc2)n[nH]1)C(=O)Nc1ncccn1. The molecular weight excluding hydrogens is 322 g/mol. The molecule has 1 atom stereocenters. The first-order valence-corrected chi connectivity index (χ1v) is 7.53. The lowest BCUT2D eigenvalue weighted by atomic mass is 10.1. The number of benzene rings is 1. The van der Waals surface area contributed by atoms with Gasteiger partial charge < -0.3 is 4.74 Å². The fourth-order valence-electron chi connectivity index (χ4n) is 2.04. The van der Waals surface area contributed by atoms with E-state index in [4.69, 9.17) is 4.74 Å². The molecular formula is C17H15N5O3. The van der Waals surface area contributed by atoms with Crippen LogP contribution in [0.2, 0.25) is 0 Å². The molecule has 0 aliphatic rings. The number of rotatable bonds is 5. The Labute approximate surface area is 143 Å². The van der Waals surface area contributed by atoms with Crippen molar-refractivity contribution in [3.05, 3.63) is 60.6 Å².